The van der Waals surface area contributed by atoms with E-state index in [1.807, 2.05) is 6.07 Å². The normalized spacial score (nSPS) is 16.6. The largest absolute Gasteiger partial charge is 0.478 e. The Hall–Kier alpha value is -3.39. The van der Waals surface area contributed by atoms with E-state index >= 15 is 0 Å². The number of carbonyl (C=O) groups is 4. The van der Waals surface area contributed by atoms with Crippen molar-refractivity contribution in [2.24, 2.45) is 0 Å². The highest BCUT2D eigenvalue weighted by molar-refractivity contribution is 8.00. The van der Waals surface area contributed by atoms with E-state index in [1.54, 1.807) is 48.5 Å². The monoisotopic (exact) mass is 396 g/mol. The molecule has 1 fully saturated rings. The second-order valence-corrected chi connectivity index (χ2v) is 7.18. The summed E-state index contributed by atoms with van der Waals surface area (Å²) in [6.45, 7) is 0. The van der Waals surface area contributed by atoms with Gasteiger partial charge in [-0.25, -0.2) is 9.69 Å². The van der Waals surface area contributed by atoms with Crippen LogP contribution in [0.4, 0.5) is 11.4 Å². The van der Waals surface area contributed by atoms with Crippen LogP contribution in [0.3, 0.4) is 0 Å². The van der Waals surface area contributed by atoms with Crippen LogP contribution in [-0.4, -0.2) is 34.0 Å². The minimum Gasteiger partial charge on any atom is -0.478 e. The first kappa shape index (κ1) is 19.4. The van der Waals surface area contributed by atoms with Crippen molar-refractivity contribution in [3.63, 3.8) is 0 Å². The highest BCUT2D eigenvalue weighted by Crippen LogP contribution is 2.34. The molecule has 28 heavy (non-hydrogen) atoms. The van der Waals surface area contributed by atoms with E-state index < -0.39 is 17.1 Å². The molecule has 1 aliphatic heterocycles. The Kier molecular flexibility index (Phi) is 5.90. The number of thioether (sulfide) groups is 1. The van der Waals surface area contributed by atoms with E-state index in [4.69, 9.17) is 5.11 Å². The summed E-state index contributed by atoms with van der Waals surface area (Å²) in [4.78, 5) is 49.0. The third-order valence-corrected chi connectivity index (χ3v) is 5.06. The van der Waals surface area contributed by atoms with Crippen LogP contribution in [-0.2, 0) is 19.2 Å². The lowest BCUT2D eigenvalue weighted by Gasteiger charge is -2.14. The number of carboxylic acid groups (broad SMARTS) is 1. The number of carboxylic acids is 1. The summed E-state index contributed by atoms with van der Waals surface area (Å²) in [6.07, 6.45) is 1.75. The number of nitrogens with zero attached hydrogens (tertiary/aromatic N) is 1. The third kappa shape index (κ3) is 4.66. The van der Waals surface area contributed by atoms with Gasteiger partial charge in [-0.15, -0.1) is 11.8 Å². The van der Waals surface area contributed by atoms with Crippen molar-refractivity contribution in [1.29, 1.82) is 0 Å². The van der Waals surface area contributed by atoms with Gasteiger partial charge in [0.1, 0.15) is 0 Å². The summed E-state index contributed by atoms with van der Waals surface area (Å²) in [5, 5.41) is 10.6. The number of hydrogen-bond acceptors (Lipinski definition) is 5. The molecular formula is C20H16N2O5S. The van der Waals surface area contributed by atoms with Crippen LogP contribution in [0.25, 0.3) is 0 Å². The third-order valence-electron chi connectivity index (χ3n) is 3.88. The summed E-state index contributed by atoms with van der Waals surface area (Å²) >= 11 is 1.25. The van der Waals surface area contributed by atoms with Gasteiger partial charge >= 0.3 is 5.97 Å². The van der Waals surface area contributed by atoms with Crippen LogP contribution in [0.15, 0.2) is 71.6 Å². The highest BCUT2D eigenvalue weighted by Gasteiger charge is 2.40. The molecule has 0 saturated carbocycles. The number of hydrogen-bond donors (Lipinski definition) is 2. The predicted molar refractivity (Wildman–Crippen MR) is 105 cm³/mol. The number of imide groups is 1. The molecule has 142 valence electrons. The minimum atomic E-state index is -1.22. The first-order valence-corrected chi connectivity index (χ1v) is 9.22. The van der Waals surface area contributed by atoms with Gasteiger partial charge in [0.15, 0.2) is 0 Å². The average molecular weight is 396 g/mol. The van der Waals surface area contributed by atoms with Gasteiger partial charge in [0.2, 0.25) is 17.7 Å². The zero-order valence-electron chi connectivity index (χ0n) is 14.6. The SMILES string of the molecule is O=C(O)/C=C/C(=O)Nc1cccc(S[C@@H]2CC(=O)N(c3ccccc3)C2=O)c1. The lowest BCUT2D eigenvalue weighted by molar-refractivity contribution is -0.131. The van der Waals surface area contributed by atoms with E-state index in [1.165, 1.54) is 16.7 Å². The summed E-state index contributed by atoms with van der Waals surface area (Å²) in [5.74, 6) is -2.32. The second-order valence-electron chi connectivity index (χ2n) is 5.90. The molecule has 3 amide bonds. The Labute approximate surface area is 165 Å². The number of aliphatic carboxylic acids is 1. The molecule has 1 atom stereocenters. The number of amides is 3. The molecule has 1 heterocycles. The van der Waals surface area contributed by atoms with Gasteiger partial charge in [0.05, 0.1) is 10.9 Å². The molecule has 0 spiro atoms. The number of para-hydroxylation sites is 1. The Balaban J connectivity index is 1.69. The predicted octanol–water partition coefficient (Wildman–Crippen LogP) is 2.69. The fourth-order valence-electron chi connectivity index (χ4n) is 2.69. The van der Waals surface area contributed by atoms with Gasteiger partial charge < -0.3 is 10.4 Å². The maximum Gasteiger partial charge on any atom is 0.328 e. The molecule has 0 aliphatic carbocycles. The Morgan fingerprint density at radius 2 is 1.82 bits per heavy atom. The second kappa shape index (κ2) is 8.53. The van der Waals surface area contributed by atoms with Crippen molar-refractivity contribution in [2.45, 2.75) is 16.6 Å². The zero-order chi connectivity index (χ0) is 20.1. The molecule has 2 aromatic rings. The summed E-state index contributed by atoms with van der Waals surface area (Å²) in [6, 6.07) is 15.6. The standard InChI is InChI=1S/C20H16N2O5S/c23-17(9-10-19(25)26)21-13-5-4-8-15(11-13)28-16-12-18(24)22(20(16)27)14-6-2-1-3-7-14/h1-11,16H,12H2,(H,21,23)(H,25,26)/b10-9+/t16-/m1/s1. The molecule has 1 saturated heterocycles. The Bertz CT molecular complexity index is 958. The smallest absolute Gasteiger partial charge is 0.328 e. The molecule has 0 bridgehead atoms. The van der Waals surface area contributed by atoms with Crippen molar-refractivity contribution >= 4 is 46.8 Å². The number of anilines is 2. The molecule has 2 aromatic carbocycles. The maximum atomic E-state index is 12.7. The minimum absolute atomic E-state index is 0.0936. The molecular weight excluding hydrogens is 380 g/mol. The molecule has 7 nitrogen and oxygen atoms in total. The number of benzene rings is 2. The molecule has 8 heteroatoms. The zero-order valence-corrected chi connectivity index (χ0v) is 15.4. The van der Waals surface area contributed by atoms with E-state index in [0.29, 0.717) is 16.3 Å². The molecule has 2 N–H and O–H groups in total. The number of nitrogens with one attached hydrogen (secondary N) is 1. The van der Waals surface area contributed by atoms with E-state index in [0.717, 1.165) is 12.2 Å². The molecule has 0 radical (unpaired) electrons. The first-order valence-electron chi connectivity index (χ1n) is 8.34. The van der Waals surface area contributed by atoms with Gasteiger partial charge in [-0.05, 0) is 30.3 Å². The average Bonchev–Trinajstić information content (AvgIpc) is 2.94. The lowest BCUT2D eigenvalue weighted by Crippen LogP contribution is -2.30. The molecule has 0 unspecified atom stereocenters. The van der Waals surface area contributed by atoms with Gasteiger partial charge in [0, 0.05) is 29.2 Å². The molecule has 1 aliphatic rings. The number of carbonyl (C=O) groups excluding carboxylic acids is 3. The lowest BCUT2D eigenvalue weighted by atomic mass is 10.3. The summed E-state index contributed by atoms with van der Waals surface area (Å²) < 4.78 is 0. The van der Waals surface area contributed by atoms with Crippen LogP contribution in [0.5, 0.6) is 0 Å². The van der Waals surface area contributed by atoms with Crippen molar-refractivity contribution in [3.8, 4) is 0 Å². The summed E-state index contributed by atoms with van der Waals surface area (Å²) in [5.41, 5.74) is 1.01. The van der Waals surface area contributed by atoms with Crippen LogP contribution < -0.4 is 10.2 Å². The van der Waals surface area contributed by atoms with Crippen LogP contribution >= 0.6 is 11.8 Å². The quantitative estimate of drug-likeness (QED) is 0.575. The van der Waals surface area contributed by atoms with Gasteiger partial charge in [-0.1, -0.05) is 24.3 Å². The van der Waals surface area contributed by atoms with Crippen molar-refractivity contribution in [2.75, 3.05) is 10.2 Å². The van der Waals surface area contributed by atoms with Crippen LogP contribution in [0.1, 0.15) is 6.42 Å². The van der Waals surface area contributed by atoms with Crippen molar-refractivity contribution in [1.82, 2.24) is 0 Å². The van der Waals surface area contributed by atoms with Crippen molar-refractivity contribution in [3.05, 3.63) is 66.7 Å². The van der Waals surface area contributed by atoms with E-state index in [-0.39, 0.29) is 18.2 Å². The fraction of sp³-hybridized carbons (Fsp3) is 0.100. The van der Waals surface area contributed by atoms with Crippen LogP contribution in [0.2, 0.25) is 0 Å². The van der Waals surface area contributed by atoms with Gasteiger partial charge in [-0.3, -0.25) is 14.4 Å². The van der Waals surface area contributed by atoms with E-state index in [2.05, 4.69) is 5.32 Å². The molecule has 3 rings (SSSR count). The Morgan fingerprint density at radius 3 is 2.54 bits per heavy atom. The van der Waals surface area contributed by atoms with E-state index in [9.17, 15) is 19.2 Å². The van der Waals surface area contributed by atoms with Crippen molar-refractivity contribution < 1.29 is 24.3 Å². The topological polar surface area (TPSA) is 104 Å². The van der Waals surface area contributed by atoms with Gasteiger partial charge in [-0.2, -0.15) is 0 Å². The fourth-order valence-corrected chi connectivity index (χ4v) is 3.80. The summed E-state index contributed by atoms with van der Waals surface area (Å²) in [7, 11) is 0. The highest BCUT2D eigenvalue weighted by atomic mass is 32.2. The first-order chi connectivity index (χ1) is 13.4. The Morgan fingerprint density at radius 1 is 1.07 bits per heavy atom. The molecule has 0 aromatic heterocycles. The van der Waals surface area contributed by atoms with Crippen LogP contribution in [0, 0.1) is 0 Å². The number of rotatable bonds is 6. The maximum absolute atomic E-state index is 12.7. The van der Waals surface area contributed by atoms with Gasteiger partial charge in [0.25, 0.3) is 0 Å².